The molecule has 7 heteroatoms. The number of benzene rings is 2. The van der Waals surface area contributed by atoms with Gasteiger partial charge in [-0.25, -0.2) is 0 Å². The summed E-state index contributed by atoms with van der Waals surface area (Å²) in [5.41, 5.74) is 3.92. The quantitative estimate of drug-likeness (QED) is 0.710. The third kappa shape index (κ3) is 4.20. The highest BCUT2D eigenvalue weighted by Gasteiger charge is 2.12. The second kappa shape index (κ2) is 8.22. The minimum Gasteiger partial charge on any atom is -0.369 e. The van der Waals surface area contributed by atoms with Crippen LogP contribution in [0.3, 0.4) is 0 Å². The topological polar surface area (TPSA) is 83.3 Å². The SMILES string of the molecule is Cc1nc(CNC(=O)c2cccc(-c3cccc(N4CCNCC4)c3)c2)no1. The normalized spacial score (nSPS) is 14.1. The zero-order chi connectivity index (χ0) is 19.3. The maximum absolute atomic E-state index is 12.5. The van der Waals surface area contributed by atoms with E-state index in [0.29, 0.717) is 17.3 Å². The van der Waals surface area contributed by atoms with E-state index in [9.17, 15) is 4.79 Å². The van der Waals surface area contributed by atoms with Crippen molar-refractivity contribution in [3.8, 4) is 11.1 Å². The first-order valence-corrected chi connectivity index (χ1v) is 9.42. The fraction of sp³-hybridized carbons (Fsp3) is 0.286. The first-order valence-electron chi connectivity index (χ1n) is 9.42. The number of nitrogens with zero attached hydrogens (tertiary/aromatic N) is 3. The molecular formula is C21H23N5O2. The molecule has 1 aromatic heterocycles. The Morgan fingerprint density at radius 2 is 1.89 bits per heavy atom. The van der Waals surface area contributed by atoms with E-state index in [0.717, 1.165) is 37.3 Å². The molecule has 0 aliphatic carbocycles. The number of hydrogen-bond acceptors (Lipinski definition) is 6. The van der Waals surface area contributed by atoms with Crippen LogP contribution in [0.25, 0.3) is 11.1 Å². The Balaban J connectivity index is 1.49. The van der Waals surface area contributed by atoms with Crippen molar-refractivity contribution in [2.45, 2.75) is 13.5 Å². The van der Waals surface area contributed by atoms with Gasteiger partial charge in [-0.2, -0.15) is 4.98 Å². The Morgan fingerprint density at radius 1 is 1.14 bits per heavy atom. The average Bonchev–Trinajstić information content (AvgIpc) is 3.18. The molecule has 0 atom stereocenters. The number of anilines is 1. The molecule has 0 bridgehead atoms. The molecule has 0 saturated carbocycles. The van der Waals surface area contributed by atoms with Gasteiger partial charge in [0.15, 0.2) is 5.82 Å². The molecule has 2 N–H and O–H groups in total. The van der Waals surface area contributed by atoms with E-state index in [2.05, 4.69) is 49.9 Å². The molecule has 7 nitrogen and oxygen atoms in total. The van der Waals surface area contributed by atoms with Crippen LogP contribution in [0.2, 0.25) is 0 Å². The molecule has 0 spiro atoms. The Kier molecular flexibility index (Phi) is 5.34. The van der Waals surface area contributed by atoms with Gasteiger partial charge < -0.3 is 20.1 Å². The molecule has 1 fully saturated rings. The molecule has 3 aromatic rings. The number of carbonyl (C=O) groups excluding carboxylic acids is 1. The summed E-state index contributed by atoms with van der Waals surface area (Å²) < 4.78 is 4.92. The van der Waals surface area contributed by atoms with Crippen LogP contribution in [0.15, 0.2) is 53.1 Å². The molecule has 0 unspecified atom stereocenters. The number of hydrogen-bond donors (Lipinski definition) is 2. The van der Waals surface area contributed by atoms with Gasteiger partial charge in [0.05, 0.1) is 6.54 Å². The molecule has 1 aliphatic heterocycles. The van der Waals surface area contributed by atoms with E-state index in [-0.39, 0.29) is 12.5 Å². The van der Waals surface area contributed by atoms with E-state index < -0.39 is 0 Å². The number of nitrogens with one attached hydrogen (secondary N) is 2. The van der Waals surface area contributed by atoms with Crippen LogP contribution < -0.4 is 15.5 Å². The minimum absolute atomic E-state index is 0.164. The van der Waals surface area contributed by atoms with Gasteiger partial charge in [-0.3, -0.25) is 4.79 Å². The zero-order valence-electron chi connectivity index (χ0n) is 15.8. The van der Waals surface area contributed by atoms with Crippen LogP contribution in [-0.4, -0.2) is 42.2 Å². The summed E-state index contributed by atoms with van der Waals surface area (Å²) in [6.45, 7) is 5.96. The highest BCUT2D eigenvalue weighted by Crippen LogP contribution is 2.25. The zero-order valence-corrected chi connectivity index (χ0v) is 15.8. The molecule has 1 amide bonds. The van der Waals surface area contributed by atoms with E-state index in [1.54, 1.807) is 13.0 Å². The smallest absolute Gasteiger partial charge is 0.251 e. The maximum Gasteiger partial charge on any atom is 0.251 e. The van der Waals surface area contributed by atoms with E-state index in [1.165, 1.54) is 5.69 Å². The van der Waals surface area contributed by atoms with Gasteiger partial charge in [0, 0.05) is 44.4 Å². The lowest BCUT2D eigenvalue weighted by molar-refractivity contribution is 0.0949. The fourth-order valence-electron chi connectivity index (χ4n) is 3.32. The van der Waals surface area contributed by atoms with E-state index in [4.69, 9.17) is 4.52 Å². The fourth-order valence-corrected chi connectivity index (χ4v) is 3.32. The van der Waals surface area contributed by atoms with Crippen LogP contribution in [0.1, 0.15) is 22.1 Å². The predicted octanol–water partition coefficient (Wildman–Crippen LogP) is 2.38. The monoisotopic (exact) mass is 377 g/mol. The first kappa shape index (κ1) is 18.2. The number of amides is 1. The molecule has 28 heavy (non-hydrogen) atoms. The summed E-state index contributed by atoms with van der Waals surface area (Å²) in [5, 5.41) is 10.00. The lowest BCUT2D eigenvalue weighted by Crippen LogP contribution is -2.43. The minimum atomic E-state index is -0.164. The largest absolute Gasteiger partial charge is 0.369 e. The summed E-state index contributed by atoms with van der Waals surface area (Å²) >= 11 is 0. The van der Waals surface area contributed by atoms with Gasteiger partial charge in [-0.05, 0) is 35.4 Å². The maximum atomic E-state index is 12.5. The lowest BCUT2D eigenvalue weighted by atomic mass is 10.0. The Labute approximate surface area is 163 Å². The Hall–Kier alpha value is -3.19. The van der Waals surface area contributed by atoms with Crippen LogP contribution >= 0.6 is 0 Å². The van der Waals surface area contributed by atoms with E-state index >= 15 is 0 Å². The summed E-state index contributed by atoms with van der Waals surface area (Å²) in [6, 6.07) is 16.1. The van der Waals surface area contributed by atoms with Crippen molar-refractivity contribution in [1.29, 1.82) is 0 Å². The first-order chi connectivity index (χ1) is 13.7. The van der Waals surface area contributed by atoms with Crippen molar-refractivity contribution < 1.29 is 9.32 Å². The molecule has 1 saturated heterocycles. The average molecular weight is 377 g/mol. The van der Waals surface area contributed by atoms with Gasteiger partial charge in [0.2, 0.25) is 5.89 Å². The summed E-state index contributed by atoms with van der Waals surface area (Å²) in [7, 11) is 0. The number of carbonyl (C=O) groups is 1. The number of piperazine rings is 1. The van der Waals surface area contributed by atoms with Crippen LogP contribution in [0.4, 0.5) is 5.69 Å². The summed E-state index contributed by atoms with van der Waals surface area (Å²) in [5.74, 6) is 0.781. The van der Waals surface area contributed by atoms with Gasteiger partial charge in [-0.1, -0.05) is 29.4 Å². The van der Waals surface area contributed by atoms with Crippen LogP contribution in [0, 0.1) is 6.92 Å². The highest BCUT2D eigenvalue weighted by molar-refractivity contribution is 5.95. The van der Waals surface area contributed by atoms with Crippen LogP contribution in [0.5, 0.6) is 0 Å². The molecule has 4 rings (SSSR count). The standard InChI is InChI=1S/C21H23N5O2/c1-15-24-20(25-28-15)14-23-21(27)18-6-2-4-16(12-18)17-5-3-7-19(13-17)26-10-8-22-9-11-26/h2-7,12-13,22H,8-11,14H2,1H3,(H,23,27). The van der Waals surface area contributed by atoms with Crippen molar-refractivity contribution in [3.05, 3.63) is 65.8 Å². The summed E-state index contributed by atoms with van der Waals surface area (Å²) in [6.07, 6.45) is 0. The number of aromatic nitrogens is 2. The van der Waals surface area contributed by atoms with Gasteiger partial charge in [0.25, 0.3) is 5.91 Å². The molecule has 1 aliphatic rings. The highest BCUT2D eigenvalue weighted by atomic mass is 16.5. The van der Waals surface area contributed by atoms with Gasteiger partial charge in [-0.15, -0.1) is 0 Å². The van der Waals surface area contributed by atoms with Crippen molar-refractivity contribution in [2.75, 3.05) is 31.1 Å². The van der Waals surface area contributed by atoms with Crippen molar-refractivity contribution in [1.82, 2.24) is 20.8 Å². The molecule has 144 valence electrons. The molecular weight excluding hydrogens is 354 g/mol. The molecule has 2 heterocycles. The van der Waals surface area contributed by atoms with Crippen molar-refractivity contribution in [3.63, 3.8) is 0 Å². The molecule has 2 aromatic carbocycles. The lowest BCUT2D eigenvalue weighted by Gasteiger charge is -2.29. The number of rotatable bonds is 5. The third-order valence-electron chi connectivity index (χ3n) is 4.76. The van der Waals surface area contributed by atoms with Gasteiger partial charge >= 0.3 is 0 Å². The Bertz CT molecular complexity index is 963. The molecule has 0 radical (unpaired) electrons. The second-order valence-corrected chi connectivity index (χ2v) is 6.78. The number of aryl methyl sites for hydroxylation is 1. The van der Waals surface area contributed by atoms with Crippen LogP contribution in [-0.2, 0) is 6.54 Å². The second-order valence-electron chi connectivity index (χ2n) is 6.78. The van der Waals surface area contributed by atoms with E-state index in [1.807, 2.05) is 18.2 Å². The van der Waals surface area contributed by atoms with Crippen molar-refractivity contribution >= 4 is 11.6 Å². The van der Waals surface area contributed by atoms with Crippen molar-refractivity contribution in [2.24, 2.45) is 0 Å². The summed E-state index contributed by atoms with van der Waals surface area (Å²) in [4.78, 5) is 19.0. The Morgan fingerprint density at radius 3 is 2.64 bits per heavy atom. The van der Waals surface area contributed by atoms with Gasteiger partial charge in [0.1, 0.15) is 0 Å². The third-order valence-corrected chi connectivity index (χ3v) is 4.76. The predicted molar refractivity (Wildman–Crippen MR) is 107 cm³/mol.